The number of aromatic nitrogens is 3. The van der Waals surface area contributed by atoms with Crippen LogP contribution in [0, 0.1) is 5.82 Å². The fraction of sp³-hybridized carbons (Fsp3) is 0.188. The van der Waals surface area contributed by atoms with Gasteiger partial charge >= 0.3 is 0 Å². The molecule has 1 aliphatic heterocycles. The molecule has 0 fully saturated rings. The van der Waals surface area contributed by atoms with Crippen LogP contribution in [0.4, 0.5) is 4.39 Å². The van der Waals surface area contributed by atoms with Gasteiger partial charge in [0.1, 0.15) is 24.4 Å². The van der Waals surface area contributed by atoms with Crippen LogP contribution in [-0.4, -0.2) is 33.4 Å². The normalized spacial score (nSPS) is 16.7. The molecule has 7 nitrogen and oxygen atoms in total. The second-order valence-electron chi connectivity index (χ2n) is 5.24. The maximum atomic E-state index is 14.3. The largest absolute Gasteiger partial charge is 0.471 e. The van der Waals surface area contributed by atoms with E-state index in [2.05, 4.69) is 19.9 Å². The van der Waals surface area contributed by atoms with Crippen molar-refractivity contribution in [3.63, 3.8) is 0 Å². The first-order valence-corrected chi connectivity index (χ1v) is 7.35. The van der Waals surface area contributed by atoms with Gasteiger partial charge in [0, 0.05) is 30.4 Å². The number of oxime groups is 1. The first-order chi connectivity index (χ1) is 11.8. The molecule has 0 bridgehead atoms. The molecule has 3 heterocycles. The Hall–Kier alpha value is -3.16. The van der Waals surface area contributed by atoms with Crippen LogP contribution in [0.25, 0.3) is 5.69 Å². The molecule has 0 spiro atoms. The van der Waals surface area contributed by atoms with Crippen molar-refractivity contribution in [1.29, 1.82) is 0 Å². The van der Waals surface area contributed by atoms with Crippen molar-refractivity contribution in [3.05, 3.63) is 60.4 Å². The Balaban J connectivity index is 1.42. The summed E-state index contributed by atoms with van der Waals surface area (Å²) in [5.41, 5.74) is 1.73. The maximum Gasteiger partial charge on any atom is 0.254 e. The summed E-state index contributed by atoms with van der Waals surface area (Å²) in [6.07, 6.45) is 4.99. The molecule has 0 unspecified atom stereocenters. The monoisotopic (exact) mass is 328 g/mol. The van der Waals surface area contributed by atoms with Crippen molar-refractivity contribution in [3.8, 4) is 11.6 Å². The molecule has 3 aromatic rings. The molecular formula is C16H13FN4O3. The molecule has 8 heteroatoms. The molecule has 24 heavy (non-hydrogen) atoms. The van der Waals surface area contributed by atoms with Crippen LogP contribution in [0.5, 0.6) is 5.88 Å². The number of halogens is 1. The lowest BCUT2D eigenvalue weighted by molar-refractivity contribution is 0.0446. The quantitative estimate of drug-likeness (QED) is 0.719. The molecule has 0 N–H and O–H groups in total. The molecule has 0 amide bonds. The van der Waals surface area contributed by atoms with Crippen molar-refractivity contribution >= 4 is 5.71 Å². The minimum atomic E-state index is -0.374. The van der Waals surface area contributed by atoms with E-state index in [0.717, 1.165) is 0 Å². The number of ether oxygens (including phenoxy) is 1. The first-order valence-electron chi connectivity index (χ1n) is 7.35. The van der Waals surface area contributed by atoms with Gasteiger partial charge in [-0.2, -0.15) is 5.10 Å². The topological polar surface area (TPSA) is 74.7 Å². The van der Waals surface area contributed by atoms with E-state index in [0.29, 0.717) is 29.3 Å². The molecular weight excluding hydrogens is 315 g/mol. The molecule has 0 saturated heterocycles. The van der Waals surface area contributed by atoms with E-state index in [-0.39, 0.29) is 18.5 Å². The van der Waals surface area contributed by atoms with E-state index in [4.69, 9.17) is 9.57 Å². The molecule has 1 aromatic carbocycles. The van der Waals surface area contributed by atoms with Crippen LogP contribution in [0.1, 0.15) is 12.0 Å². The summed E-state index contributed by atoms with van der Waals surface area (Å²) in [6, 6.07) is 8.24. The minimum Gasteiger partial charge on any atom is -0.471 e. The lowest BCUT2D eigenvalue weighted by Gasteiger charge is -2.08. The third kappa shape index (κ3) is 2.85. The summed E-state index contributed by atoms with van der Waals surface area (Å²) in [6.45, 7) is 0.285. The van der Waals surface area contributed by atoms with Crippen molar-refractivity contribution < 1.29 is 18.5 Å². The lowest BCUT2D eigenvalue weighted by atomic mass is 10.0. The van der Waals surface area contributed by atoms with Crippen molar-refractivity contribution in [1.82, 2.24) is 14.9 Å². The zero-order valence-electron chi connectivity index (χ0n) is 12.5. The van der Waals surface area contributed by atoms with E-state index in [1.54, 1.807) is 36.7 Å². The highest BCUT2D eigenvalue weighted by Gasteiger charge is 2.24. The molecule has 0 saturated carbocycles. The number of benzene rings is 1. The molecule has 0 radical (unpaired) electrons. The summed E-state index contributed by atoms with van der Waals surface area (Å²) >= 11 is 0. The second-order valence-corrected chi connectivity index (χ2v) is 5.24. The van der Waals surface area contributed by atoms with Crippen LogP contribution in [0.3, 0.4) is 0 Å². The second kappa shape index (κ2) is 6.15. The van der Waals surface area contributed by atoms with Gasteiger partial charge in [-0.1, -0.05) is 11.2 Å². The van der Waals surface area contributed by atoms with Gasteiger partial charge in [-0.3, -0.25) is 0 Å². The predicted molar refractivity (Wildman–Crippen MR) is 81.5 cm³/mol. The summed E-state index contributed by atoms with van der Waals surface area (Å²) in [5, 5.41) is 11.7. The minimum absolute atomic E-state index is 0.245. The number of nitrogens with zero attached hydrogens (tertiary/aromatic N) is 4. The highest BCUT2D eigenvalue weighted by Crippen LogP contribution is 2.21. The molecule has 0 aliphatic carbocycles. The van der Waals surface area contributed by atoms with Crippen LogP contribution in [0.2, 0.25) is 0 Å². The standard InChI is InChI=1S/C16H13FN4O3/c17-13-8-11(2-3-15(13)21-6-1-5-18-21)14-9-12(24-19-14)10-22-16-4-7-23-20-16/h1-8,12H,9-10H2/t12-/m0/s1. The molecule has 122 valence electrons. The highest BCUT2D eigenvalue weighted by molar-refractivity contribution is 6.01. The Morgan fingerprint density at radius 3 is 3.04 bits per heavy atom. The van der Waals surface area contributed by atoms with Crippen LogP contribution in [0.15, 0.2) is 58.7 Å². The van der Waals surface area contributed by atoms with E-state index < -0.39 is 0 Å². The van der Waals surface area contributed by atoms with E-state index in [9.17, 15) is 4.39 Å². The van der Waals surface area contributed by atoms with Gasteiger partial charge in [-0.05, 0) is 23.4 Å². The third-order valence-corrected chi connectivity index (χ3v) is 3.60. The Bertz CT molecular complexity index is 846. The summed E-state index contributed by atoms with van der Waals surface area (Å²) in [4.78, 5) is 5.33. The zero-order chi connectivity index (χ0) is 16.4. The smallest absolute Gasteiger partial charge is 0.254 e. The van der Waals surface area contributed by atoms with Gasteiger partial charge in [0.15, 0.2) is 6.10 Å². The number of hydrogen-bond donors (Lipinski definition) is 0. The molecule has 1 atom stereocenters. The van der Waals surface area contributed by atoms with Gasteiger partial charge < -0.3 is 14.1 Å². The Morgan fingerprint density at radius 2 is 2.29 bits per heavy atom. The third-order valence-electron chi connectivity index (χ3n) is 3.60. The van der Waals surface area contributed by atoms with E-state index in [1.807, 2.05) is 0 Å². The van der Waals surface area contributed by atoms with Crippen molar-refractivity contribution in [2.24, 2.45) is 5.16 Å². The average molecular weight is 328 g/mol. The van der Waals surface area contributed by atoms with Gasteiger partial charge in [0.25, 0.3) is 5.88 Å². The Kier molecular flexibility index (Phi) is 3.70. The van der Waals surface area contributed by atoms with Gasteiger partial charge in [-0.15, -0.1) is 0 Å². The lowest BCUT2D eigenvalue weighted by Crippen LogP contribution is -2.18. The van der Waals surface area contributed by atoms with Crippen molar-refractivity contribution in [2.45, 2.75) is 12.5 Å². The summed E-state index contributed by atoms with van der Waals surface area (Å²) in [5.74, 6) is 0.0165. The van der Waals surface area contributed by atoms with E-state index in [1.165, 1.54) is 17.0 Å². The summed E-state index contributed by atoms with van der Waals surface area (Å²) < 4.78 is 25.9. The van der Waals surface area contributed by atoms with Crippen LogP contribution >= 0.6 is 0 Å². The van der Waals surface area contributed by atoms with Gasteiger partial charge in [0.2, 0.25) is 0 Å². The average Bonchev–Trinajstić information content (AvgIpc) is 3.34. The fourth-order valence-corrected chi connectivity index (χ4v) is 2.43. The summed E-state index contributed by atoms with van der Waals surface area (Å²) in [7, 11) is 0. The van der Waals surface area contributed by atoms with Gasteiger partial charge in [-0.25, -0.2) is 9.07 Å². The SMILES string of the molecule is Fc1cc(C2=NO[C@H](COc3ccon3)C2)ccc1-n1cccn1. The van der Waals surface area contributed by atoms with Crippen LogP contribution < -0.4 is 4.74 Å². The maximum absolute atomic E-state index is 14.3. The van der Waals surface area contributed by atoms with Crippen molar-refractivity contribution in [2.75, 3.05) is 6.61 Å². The number of rotatable bonds is 5. The van der Waals surface area contributed by atoms with Gasteiger partial charge in [0.05, 0.1) is 5.71 Å². The fourth-order valence-electron chi connectivity index (χ4n) is 2.43. The highest BCUT2D eigenvalue weighted by atomic mass is 19.1. The van der Waals surface area contributed by atoms with E-state index >= 15 is 0 Å². The Morgan fingerprint density at radius 1 is 1.33 bits per heavy atom. The predicted octanol–water partition coefficient (Wildman–Crippen LogP) is 2.57. The first kappa shape index (κ1) is 14.4. The molecule has 1 aliphatic rings. The molecule has 2 aromatic heterocycles. The number of hydrogen-bond acceptors (Lipinski definition) is 6. The molecule has 4 rings (SSSR count). The van der Waals surface area contributed by atoms with Crippen LogP contribution in [-0.2, 0) is 4.84 Å². The Labute approximate surface area is 136 Å². The zero-order valence-corrected chi connectivity index (χ0v) is 12.5.